The Morgan fingerprint density at radius 2 is 1.71 bits per heavy atom. The Morgan fingerprint density at radius 1 is 1.04 bits per heavy atom. The third kappa shape index (κ3) is 3.81. The zero-order valence-electron chi connectivity index (χ0n) is 13.4. The van der Waals surface area contributed by atoms with Gasteiger partial charge in [-0.25, -0.2) is 0 Å². The third-order valence-corrected chi connectivity index (χ3v) is 4.09. The summed E-state index contributed by atoms with van der Waals surface area (Å²) in [6.45, 7) is 1.26. The van der Waals surface area contributed by atoms with Crippen molar-refractivity contribution in [3.63, 3.8) is 0 Å². The molecule has 2 N–H and O–H groups in total. The van der Waals surface area contributed by atoms with Crippen molar-refractivity contribution in [3.8, 4) is 5.75 Å². The van der Waals surface area contributed by atoms with Gasteiger partial charge in [-0.15, -0.1) is 0 Å². The van der Waals surface area contributed by atoms with Crippen LogP contribution in [-0.4, -0.2) is 42.3 Å². The highest BCUT2D eigenvalue weighted by atomic mass is 16.5. The van der Waals surface area contributed by atoms with E-state index in [1.165, 1.54) is 0 Å². The molecule has 1 atom stereocenters. The van der Waals surface area contributed by atoms with Gasteiger partial charge < -0.3 is 15.4 Å². The second kappa shape index (κ2) is 7.27. The Morgan fingerprint density at radius 3 is 2.33 bits per heavy atom. The van der Waals surface area contributed by atoms with E-state index in [0.29, 0.717) is 30.0 Å². The van der Waals surface area contributed by atoms with E-state index in [2.05, 4.69) is 0 Å². The van der Waals surface area contributed by atoms with Crippen molar-refractivity contribution in [2.45, 2.75) is 12.5 Å². The van der Waals surface area contributed by atoms with Crippen molar-refractivity contribution in [1.82, 2.24) is 4.90 Å². The van der Waals surface area contributed by atoms with Gasteiger partial charge in [-0.05, 0) is 30.7 Å². The molecule has 124 valence electrons. The fourth-order valence-corrected chi connectivity index (χ4v) is 2.71. The van der Waals surface area contributed by atoms with Crippen LogP contribution >= 0.6 is 0 Å². The van der Waals surface area contributed by atoms with E-state index in [1.807, 2.05) is 18.2 Å². The van der Waals surface area contributed by atoms with E-state index >= 15 is 0 Å². The number of rotatable bonds is 5. The molecule has 0 spiro atoms. The number of likely N-dealkylation sites (tertiary alicyclic amines) is 1. The number of carbonyl (C=O) groups is 2. The molecule has 5 nitrogen and oxygen atoms in total. The smallest absolute Gasteiger partial charge is 0.260 e. The van der Waals surface area contributed by atoms with Crippen molar-refractivity contribution in [2.75, 3.05) is 19.7 Å². The molecular weight excluding hydrogens is 304 g/mol. The first-order chi connectivity index (χ1) is 11.6. The van der Waals surface area contributed by atoms with Gasteiger partial charge in [-0.3, -0.25) is 9.59 Å². The molecule has 24 heavy (non-hydrogen) atoms. The number of hydrogen-bond acceptors (Lipinski definition) is 4. The van der Waals surface area contributed by atoms with Gasteiger partial charge in [0.15, 0.2) is 12.4 Å². The molecule has 3 rings (SSSR count). The Kier molecular flexibility index (Phi) is 4.91. The molecule has 0 saturated carbocycles. The minimum absolute atomic E-state index is 0.0152. The minimum atomic E-state index is -0.0626. The first-order valence-electron chi connectivity index (χ1n) is 7.99. The number of nitrogens with two attached hydrogens (primary N) is 1. The van der Waals surface area contributed by atoms with Crippen molar-refractivity contribution in [1.29, 1.82) is 0 Å². The predicted molar refractivity (Wildman–Crippen MR) is 91.0 cm³/mol. The van der Waals surface area contributed by atoms with Gasteiger partial charge in [0.1, 0.15) is 5.75 Å². The van der Waals surface area contributed by atoms with Crippen LogP contribution in [0.2, 0.25) is 0 Å². The van der Waals surface area contributed by atoms with Gasteiger partial charge in [0, 0.05) is 30.3 Å². The molecule has 0 aliphatic carbocycles. The lowest BCUT2D eigenvalue weighted by Crippen LogP contribution is -2.35. The normalized spacial score (nSPS) is 16.9. The fraction of sp³-hybridized carbons (Fsp3) is 0.263. The maximum atomic E-state index is 12.3. The van der Waals surface area contributed by atoms with Crippen LogP contribution < -0.4 is 10.5 Å². The number of ketones is 1. The van der Waals surface area contributed by atoms with E-state index in [0.717, 1.165) is 6.42 Å². The molecule has 1 saturated heterocycles. The van der Waals surface area contributed by atoms with Crippen molar-refractivity contribution >= 4 is 11.7 Å². The Hall–Kier alpha value is -2.66. The number of nitrogens with zero attached hydrogens (tertiary/aromatic N) is 1. The lowest BCUT2D eigenvalue weighted by Gasteiger charge is -2.16. The summed E-state index contributed by atoms with van der Waals surface area (Å²) in [5.74, 6) is 0.466. The van der Waals surface area contributed by atoms with Crippen LogP contribution in [0, 0.1) is 0 Å². The molecule has 1 amide bonds. The first kappa shape index (κ1) is 16.2. The van der Waals surface area contributed by atoms with E-state index in [4.69, 9.17) is 10.5 Å². The van der Waals surface area contributed by atoms with E-state index in [1.54, 1.807) is 41.3 Å². The van der Waals surface area contributed by atoms with Crippen molar-refractivity contribution in [2.24, 2.45) is 5.73 Å². The third-order valence-electron chi connectivity index (χ3n) is 4.09. The number of ether oxygens (including phenoxy) is 1. The van der Waals surface area contributed by atoms with E-state index < -0.39 is 0 Å². The molecule has 1 fully saturated rings. The molecule has 2 aromatic carbocycles. The summed E-state index contributed by atoms with van der Waals surface area (Å²) in [5, 5.41) is 0. The largest absolute Gasteiger partial charge is 0.484 e. The second-order valence-electron chi connectivity index (χ2n) is 5.90. The topological polar surface area (TPSA) is 72.6 Å². The van der Waals surface area contributed by atoms with Gasteiger partial charge in [0.2, 0.25) is 0 Å². The summed E-state index contributed by atoms with van der Waals surface area (Å²) in [5.41, 5.74) is 7.03. The van der Waals surface area contributed by atoms with Crippen molar-refractivity contribution < 1.29 is 14.3 Å². The molecule has 0 aromatic heterocycles. The minimum Gasteiger partial charge on any atom is -0.484 e. The molecule has 0 unspecified atom stereocenters. The summed E-state index contributed by atoms with van der Waals surface area (Å²) >= 11 is 0. The summed E-state index contributed by atoms with van der Waals surface area (Å²) in [4.78, 5) is 26.1. The zero-order chi connectivity index (χ0) is 16.9. The first-order valence-corrected chi connectivity index (χ1v) is 7.99. The maximum Gasteiger partial charge on any atom is 0.260 e. The van der Waals surface area contributed by atoms with Crippen LogP contribution in [0.1, 0.15) is 22.3 Å². The summed E-state index contributed by atoms with van der Waals surface area (Å²) < 4.78 is 5.51. The predicted octanol–water partition coefficient (Wildman–Crippen LogP) is 1.86. The van der Waals surface area contributed by atoms with Gasteiger partial charge in [-0.2, -0.15) is 0 Å². The molecule has 5 heteroatoms. The van der Waals surface area contributed by atoms with Gasteiger partial charge >= 0.3 is 0 Å². The van der Waals surface area contributed by atoms with E-state index in [-0.39, 0.29) is 24.3 Å². The van der Waals surface area contributed by atoms with Crippen LogP contribution in [0.3, 0.4) is 0 Å². The monoisotopic (exact) mass is 324 g/mol. The van der Waals surface area contributed by atoms with Crippen molar-refractivity contribution in [3.05, 3.63) is 65.7 Å². The fourth-order valence-electron chi connectivity index (χ4n) is 2.71. The average molecular weight is 324 g/mol. The van der Waals surface area contributed by atoms with Gasteiger partial charge in [0.05, 0.1) is 0 Å². The molecular formula is C19H20N2O3. The van der Waals surface area contributed by atoms with Crippen LogP contribution in [0.15, 0.2) is 54.6 Å². The Balaban J connectivity index is 1.57. The Bertz CT molecular complexity index is 713. The van der Waals surface area contributed by atoms with Crippen LogP contribution in [-0.2, 0) is 4.79 Å². The highest BCUT2D eigenvalue weighted by molar-refractivity contribution is 6.08. The summed E-state index contributed by atoms with van der Waals surface area (Å²) in [6, 6.07) is 16.0. The maximum absolute atomic E-state index is 12.3. The van der Waals surface area contributed by atoms with Crippen LogP contribution in [0.5, 0.6) is 5.75 Å². The SMILES string of the molecule is N[C@@H]1CCN(C(=O)COc2ccc(C(=O)c3ccccc3)cc2)C1. The highest BCUT2D eigenvalue weighted by Gasteiger charge is 2.23. The lowest BCUT2D eigenvalue weighted by molar-refractivity contribution is -0.132. The average Bonchev–Trinajstić information content (AvgIpc) is 3.07. The van der Waals surface area contributed by atoms with Gasteiger partial charge in [0.25, 0.3) is 5.91 Å². The standard InChI is InChI=1S/C19H20N2O3/c20-16-10-11-21(12-16)18(22)13-24-17-8-6-15(7-9-17)19(23)14-4-2-1-3-5-14/h1-9,16H,10-13,20H2/t16-/m1/s1. The van der Waals surface area contributed by atoms with E-state index in [9.17, 15) is 9.59 Å². The Labute approximate surface area is 141 Å². The number of carbonyl (C=O) groups excluding carboxylic acids is 2. The molecule has 1 aliphatic heterocycles. The number of hydrogen-bond donors (Lipinski definition) is 1. The molecule has 0 bridgehead atoms. The number of amides is 1. The second-order valence-corrected chi connectivity index (χ2v) is 5.90. The number of benzene rings is 2. The summed E-state index contributed by atoms with van der Waals surface area (Å²) in [7, 11) is 0. The molecule has 2 aromatic rings. The zero-order valence-corrected chi connectivity index (χ0v) is 13.4. The lowest BCUT2D eigenvalue weighted by atomic mass is 10.0. The molecule has 0 radical (unpaired) electrons. The summed E-state index contributed by atoms with van der Waals surface area (Å²) in [6.07, 6.45) is 0.835. The van der Waals surface area contributed by atoms with Gasteiger partial charge in [-0.1, -0.05) is 30.3 Å². The van der Waals surface area contributed by atoms with Crippen LogP contribution in [0.4, 0.5) is 0 Å². The van der Waals surface area contributed by atoms with Crippen LogP contribution in [0.25, 0.3) is 0 Å². The highest BCUT2D eigenvalue weighted by Crippen LogP contribution is 2.16. The molecule has 1 heterocycles. The molecule has 1 aliphatic rings. The quantitative estimate of drug-likeness (QED) is 0.852.